The first-order valence-electron chi connectivity index (χ1n) is 4.72. The van der Waals surface area contributed by atoms with Crippen molar-refractivity contribution in [2.24, 2.45) is 0 Å². The Kier molecular flexibility index (Phi) is 4.68. The van der Waals surface area contributed by atoms with Crippen molar-refractivity contribution in [3.63, 3.8) is 0 Å². The van der Waals surface area contributed by atoms with Gasteiger partial charge in [-0.2, -0.15) is 0 Å². The van der Waals surface area contributed by atoms with Gasteiger partial charge in [0.2, 0.25) is 0 Å². The number of Topliss-reactive ketones (excluding diaryl/α,β-unsaturated/α-hetero) is 1. The molecule has 0 spiro atoms. The minimum Gasteiger partial charge on any atom is -0.493 e. The topological polar surface area (TPSA) is 26.3 Å². The summed E-state index contributed by atoms with van der Waals surface area (Å²) in [5.74, 6) is -1.95. The molecule has 0 atom stereocenters. The molecule has 0 N–H and O–H groups in total. The average molecular weight is 249 g/mol. The summed E-state index contributed by atoms with van der Waals surface area (Å²) in [4.78, 5) is 11.6. The Balaban J connectivity index is 3.05. The summed E-state index contributed by atoms with van der Waals surface area (Å²) in [5, 5.41) is 0. The number of rotatable bonds is 5. The van der Waals surface area contributed by atoms with E-state index in [1.54, 1.807) is 0 Å². The van der Waals surface area contributed by atoms with Crippen molar-refractivity contribution in [1.29, 1.82) is 0 Å². The summed E-state index contributed by atoms with van der Waals surface area (Å²) in [6.07, 6.45) is 0.602. The molecular formula is C11H11ClF2O2. The van der Waals surface area contributed by atoms with Gasteiger partial charge in [-0.1, -0.05) is 0 Å². The van der Waals surface area contributed by atoms with E-state index in [1.165, 1.54) is 7.11 Å². The van der Waals surface area contributed by atoms with Gasteiger partial charge in [-0.3, -0.25) is 4.79 Å². The highest BCUT2D eigenvalue weighted by molar-refractivity contribution is 6.18. The van der Waals surface area contributed by atoms with E-state index < -0.39 is 11.6 Å². The third-order valence-electron chi connectivity index (χ3n) is 2.05. The number of ether oxygens (including phenoxy) is 1. The molecule has 0 saturated carbocycles. The minimum absolute atomic E-state index is 0.0786. The van der Waals surface area contributed by atoms with Gasteiger partial charge in [-0.25, -0.2) is 8.78 Å². The van der Waals surface area contributed by atoms with Gasteiger partial charge in [0.25, 0.3) is 0 Å². The van der Waals surface area contributed by atoms with Crippen molar-refractivity contribution in [3.05, 3.63) is 29.3 Å². The number of hydrogen-bond donors (Lipinski definition) is 0. The van der Waals surface area contributed by atoms with Gasteiger partial charge in [0.05, 0.1) is 12.7 Å². The zero-order valence-electron chi connectivity index (χ0n) is 8.73. The first kappa shape index (κ1) is 12.9. The Labute approximate surface area is 97.2 Å². The Morgan fingerprint density at radius 3 is 2.69 bits per heavy atom. The van der Waals surface area contributed by atoms with Gasteiger partial charge in [0.1, 0.15) is 5.82 Å². The van der Waals surface area contributed by atoms with Crippen LogP contribution in [0.3, 0.4) is 0 Å². The molecule has 88 valence electrons. The number of halogens is 3. The smallest absolute Gasteiger partial charge is 0.168 e. The molecule has 1 aromatic rings. The van der Waals surface area contributed by atoms with Crippen LogP contribution < -0.4 is 4.74 Å². The second kappa shape index (κ2) is 5.80. The van der Waals surface area contributed by atoms with Crippen LogP contribution in [0.15, 0.2) is 12.1 Å². The molecule has 0 radical (unpaired) electrons. The number of carbonyl (C=O) groups is 1. The number of carbonyl (C=O) groups excluding carboxylic acids is 1. The third kappa shape index (κ3) is 2.92. The van der Waals surface area contributed by atoms with E-state index in [4.69, 9.17) is 16.3 Å². The Bertz CT molecular complexity index is 394. The maximum absolute atomic E-state index is 13.3. The molecule has 1 aromatic carbocycles. The van der Waals surface area contributed by atoms with Crippen molar-refractivity contribution >= 4 is 17.4 Å². The van der Waals surface area contributed by atoms with E-state index in [9.17, 15) is 13.6 Å². The Morgan fingerprint density at radius 1 is 1.44 bits per heavy atom. The van der Waals surface area contributed by atoms with Crippen LogP contribution in [0.25, 0.3) is 0 Å². The van der Waals surface area contributed by atoms with E-state index >= 15 is 0 Å². The molecule has 0 aliphatic heterocycles. The fraction of sp³-hybridized carbons (Fsp3) is 0.364. The summed E-state index contributed by atoms with van der Waals surface area (Å²) in [6, 6.07) is 1.65. The molecule has 0 unspecified atom stereocenters. The highest BCUT2D eigenvalue weighted by Gasteiger charge is 2.17. The van der Waals surface area contributed by atoms with Gasteiger partial charge in [0.15, 0.2) is 17.3 Å². The van der Waals surface area contributed by atoms with Crippen LogP contribution >= 0.6 is 11.6 Å². The highest BCUT2D eigenvalue weighted by atomic mass is 35.5. The predicted octanol–water partition coefficient (Wildman–Crippen LogP) is 3.18. The van der Waals surface area contributed by atoms with Crippen LogP contribution in [0, 0.1) is 11.6 Å². The summed E-state index contributed by atoms with van der Waals surface area (Å²) in [6.45, 7) is 0. The molecule has 5 heteroatoms. The lowest BCUT2D eigenvalue weighted by Crippen LogP contribution is -2.05. The third-order valence-corrected chi connectivity index (χ3v) is 2.32. The molecule has 2 nitrogen and oxygen atoms in total. The first-order chi connectivity index (χ1) is 7.60. The second-order valence-electron chi connectivity index (χ2n) is 3.18. The van der Waals surface area contributed by atoms with E-state index in [0.717, 1.165) is 6.07 Å². The highest BCUT2D eigenvalue weighted by Crippen LogP contribution is 2.25. The van der Waals surface area contributed by atoms with Crippen LogP contribution in [0.1, 0.15) is 23.2 Å². The van der Waals surface area contributed by atoms with Crippen LogP contribution in [-0.4, -0.2) is 18.8 Å². The molecule has 0 heterocycles. The minimum atomic E-state index is -0.878. The zero-order valence-corrected chi connectivity index (χ0v) is 9.48. The Hall–Kier alpha value is -1.16. The fourth-order valence-corrected chi connectivity index (χ4v) is 1.47. The van der Waals surface area contributed by atoms with E-state index in [2.05, 4.69) is 0 Å². The van der Waals surface area contributed by atoms with E-state index in [0.29, 0.717) is 18.4 Å². The summed E-state index contributed by atoms with van der Waals surface area (Å²) >= 11 is 5.44. The number of ketones is 1. The molecule has 0 saturated heterocycles. The SMILES string of the molecule is COc1c(F)cc(F)cc1C(=O)CCCCl. The van der Waals surface area contributed by atoms with Gasteiger partial charge in [-0.15, -0.1) is 11.6 Å². The standard InChI is InChI=1S/C11H11ClF2O2/c1-16-11-8(10(15)3-2-4-12)5-7(13)6-9(11)14/h5-6H,2-4H2,1H3. The van der Waals surface area contributed by atoms with Crippen molar-refractivity contribution < 1.29 is 18.3 Å². The van der Waals surface area contributed by atoms with Crippen LogP contribution in [0.5, 0.6) is 5.75 Å². The normalized spacial score (nSPS) is 10.2. The van der Waals surface area contributed by atoms with E-state index in [1.807, 2.05) is 0 Å². The number of alkyl halides is 1. The molecule has 0 fully saturated rings. The van der Waals surface area contributed by atoms with Crippen LogP contribution in [0.2, 0.25) is 0 Å². The first-order valence-corrected chi connectivity index (χ1v) is 5.25. The maximum atomic E-state index is 13.3. The van der Waals surface area contributed by atoms with Crippen molar-refractivity contribution in [2.75, 3.05) is 13.0 Å². The van der Waals surface area contributed by atoms with Gasteiger partial charge >= 0.3 is 0 Å². The lowest BCUT2D eigenvalue weighted by atomic mass is 10.1. The summed E-state index contributed by atoms with van der Waals surface area (Å²) in [5.41, 5.74) is -0.0786. The molecule has 0 aliphatic rings. The number of methoxy groups -OCH3 is 1. The number of hydrogen-bond acceptors (Lipinski definition) is 2. The molecule has 1 rings (SSSR count). The summed E-state index contributed by atoms with van der Waals surface area (Å²) in [7, 11) is 1.23. The molecule has 0 aromatic heterocycles. The molecular weight excluding hydrogens is 238 g/mol. The average Bonchev–Trinajstić information content (AvgIpc) is 2.24. The molecule has 0 amide bonds. The largest absolute Gasteiger partial charge is 0.493 e. The van der Waals surface area contributed by atoms with Gasteiger partial charge < -0.3 is 4.74 Å². The lowest BCUT2D eigenvalue weighted by Gasteiger charge is -2.08. The fourth-order valence-electron chi connectivity index (χ4n) is 1.34. The monoisotopic (exact) mass is 248 g/mol. The number of benzene rings is 1. The molecule has 16 heavy (non-hydrogen) atoms. The predicted molar refractivity (Wildman–Crippen MR) is 57.2 cm³/mol. The van der Waals surface area contributed by atoms with Crippen LogP contribution in [-0.2, 0) is 0 Å². The van der Waals surface area contributed by atoms with Crippen molar-refractivity contribution in [2.45, 2.75) is 12.8 Å². The van der Waals surface area contributed by atoms with Crippen molar-refractivity contribution in [3.8, 4) is 5.75 Å². The summed E-state index contributed by atoms with van der Waals surface area (Å²) < 4.78 is 30.9. The zero-order chi connectivity index (χ0) is 12.1. The lowest BCUT2D eigenvalue weighted by molar-refractivity contribution is 0.0977. The molecule has 0 aliphatic carbocycles. The second-order valence-corrected chi connectivity index (χ2v) is 3.56. The Morgan fingerprint density at radius 2 is 2.12 bits per heavy atom. The van der Waals surface area contributed by atoms with Crippen molar-refractivity contribution in [1.82, 2.24) is 0 Å². The maximum Gasteiger partial charge on any atom is 0.168 e. The molecule has 0 bridgehead atoms. The van der Waals surface area contributed by atoms with Gasteiger partial charge in [0, 0.05) is 18.4 Å². The van der Waals surface area contributed by atoms with Gasteiger partial charge in [-0.05, 0) is 12.5 Å². The quantitative estimate of drug-likeness (QED) is 0.591. The van der Waals surface area contributed by atoms with E-state index in [-0.39, 0.29) is 23.5 Å². The van der Waals surface area contributed by atoms with Crippen LogP contribution in [0.4, 0.5) is 8.78 Å².